The summed E-state index contributed by atoms with van der Waals surface area (Å²) in [5, 5.41) is 0. The van der Waals surface area contributed by atoms with Gasteiger partial charge in [-0.05, 0) is 6.42 Å². The lowest BCUT2D eigenvalue weighted by Gasteiger charge is -2.02. The molecule has 11 heavy (non-hydrogen) atoms. The highest BCUT2D eigenvalue weighted by Crippen LogP contribution is 2.08. The van der Waals surface area contributed by atoms with Crippen molar-refractivity contribution in [3.8, 4) is 0 Å². The Morgan fingerprint density at radius 2 is 1.64 bits per heavy atom. The molecule has 4 nitrogen and oxygen atoms in total. The smallest absolute Gasteiger partial charge is 0.254 e. The minimum absolute atomic E-state index is 0.0779. The fraction of sp³-hybridized carbons (Fsp3) is 0.600. The van der Waals surface area contributed by atoms with Crippen LogP contribution in [0.25, 0.3) is 0 Å². The molecule has 0 aliphatic heterocycles. The van der Waals surface area contributed by atoms with Crippen LogP contribution in [0.15, 0.2) is 0 Å². The van der Waals surface area contributed by atoms with E-state index in [1.807, 2.05) is 0 Å². The van der Waals surface area contributed by atoms with E-state index in [9.17, 15) is 18.6 Å². The van der Waals surface area contributed by atoms with E-state index in [4.69, 9.17) is 0 Å². The van der Waals surface area contributed by atoms with Gasteiger partial charge in [0.2, 0.25) is 0 Å². The van der Waals surface area contributed by atoms with Crippen molar-refractivity contribution in [1.82, 2.24) is 0 Å². The predicted molar refractivity (Wildman–Crippen MR) is 28.2 cm³/mol. The topological polar surface area (TPSA) is 52.6 Å². The first-order valence-electron chi connectivity index (χ1n) is 2.82. The highest BCUT2D eigenvalue weighted by Gasteiger charge is 2.29. The highest BCUT2D eigenvalue weighted by atomic mass is 19.3. The van der Waals surface area contributed by atoms with E-state index in [0.717, 1.165) is 0 Å². The number of hydrogen-bond donors (Lipinski definition) is 0. The molecule has 0 aromatic carbocycles. The molecule has 0 N–H and O–H groups in total. The quantitative estimate of drug-likeness (QED) is 0.586. The summed E-state index contributed by atoms with van der Waals surface area (Å²) in [6.45, 7) is 1.39. The van der Waals surface area contributed by atoms with Crippen molar-refractivity contribution in [2.45, 2.75) is 13.3 Å². The van der Waals surface area contributed by atoms with E-state index >= 15 is 0 Å². The van der Waals surface area contributed by atoms with Crippen LogP contribution in [-0.4, -0.2) is 11.9 Å². The van der Waals surface area contributed by atoms with Gasteiger partial charge in [0, 0.05) is 9.05 Å². The monoisotopic (exact) mass is 168 g/mol. The van der Waals surface area contributed by atoms with Crippen LogP contribution in [0.3, 0.4) is 0 Å². The Morgan fingerprint density at radius 1 is 1.27 bits per heavy atom. The molecule has 0 amide bonds. The number of carbonyl (C=O) groups is 2. The molecule has 0 saturated carbocycles. The highest BCUT2D eigenvalue weighted by molar-refractivity contribution is 5.94. The van der Waals surface area contributed by atoms with Crippen molar-refractivity contribution in [3.05, 3.63) is 0 Å². The van der Waals surface area contributed by atoms with Crippen molar-refractivity contribution in [2.24, 2.45) is 5.92 Å². The molecule has 0 heterocycles. The van der Waals surface area contributed by atoms with Crippen molar-refractivity contribution < 1.29 is 28.5 Å². The van der Waals surface area contributed by atoms with Crippen LogP contribution < -0.4 is 0 Å². The second-order valence-corrected chi connectivity index (χ2v) is 1.75. The minimum Gasteiger partial charge on any atom is -0.254 e. The molecule has 0 aliphatic rings. The average Bonchev–Trinajstić information content (AvgIpc) is 2.05. The average molecular weight is 168 g/mol. The van der Waals surface area contributed by atoms with Crippen LogP contribution in [0.5, 0.6) is 0 Å². The minimum atomic E-state index is -1.52. The standard InChI is InChI=1S/C5H6F2O4/c1-2-3(4(8)10-6)5(9)11-7/h3H,2H2,1H3. The normalized spacial score (nSPS) is 9.45. The van der Waals surface area contributed by atoms with Gasteiger partial charge in [-0.3, -0.25) is 9.88 Å². The lowest BCUT2D eigenvalue weighted by Crippen LogP contribution is -2.23. The first-order valence-corrected chi connectivity index (χ1v) is 2.82. The van der Waals surface area contributed by atoms with Gasteiger partial charge < -0.3 is 0 Å². The van der Waals surface area contributed by atoms with Gasteiger partial charge in [0.25, 0.3) is 0 Å². The third kappa shape index (κ3) is 2.48. The SMILES string of the molecule is CCC(C(=O)OF)C(=O)OF. The largest absolute Gasteiger partial charge is 0.363 e. The first kappa shape index (κ1) is 9.80. The molecular weight excluding hydrogens is 162 g/mol. The van der Waals surface area contributed by atoms with Crippen LogP contribution in [0.1, 0.15) is 13.3 Å². The van der Waals surface area contributed by atoms with E-state index in [1.165, 1.54) is 6.92 Å². The Kier molecular flexibility index (Phi) is 4.09. The summed E-state index contributed by atoms with van der Waals surface area (Å²) < 4.78 is 22.3. The third-order valence-electron chi connectivity index (χ3n) is 1.13. The molecule has 0 fully saturated rings. The lowest BCUT2D eigenvalue weighted by atomic mass is 10.1. The fourth-order valence-electron chi connectivity index (χ4n) is 0.537. The lowest BCUT2D eigenvalue weighted by molar-refractivity contribution is -0.205. The number of rotatable bonds is 3. The van der Waals surface area contributed by atoms with E-state index in [1.54, 1.807) is 0 Å². The number of hydrogen-bond acceptors (Lipinski definition) is 4. The summed E-state index contributed by atoms with van der Waals surface area (Å²) >= 11 is 0. The van der Waals surface area contributed by atoms with E-state index in [0.29, 0.717) is 0 Å². The molecule has 0 bridgehead atoms. The Balaban J connectivity index is 4.15. The molecule has 0 aromatic rings. The zero-order valence-electron chi connectivity index (χ0n) is 5.67. The molecular formula is C5H6F2O4. The summed E-state index contributed by atoms with van der Waals surface area (Å²) in [5.74, 6) is -4.42. The van der Waals surface area contributed by atoms with Gasteiger partial charge in [0.05, 0.1) is 0 Å². The zero-order valence-corrected chi connectivity index (χ0v) is 5.67. The molecule has 0 atom stereocenters. The Labute approximate surface area is 60.9 Å². The Hall–Kier alpha value is -1.20. The molecule has 0 radical (unpaired) electrons. The van der Waals surface area contributed by atoms with Gasteiger partial charge in [0.15, 0.2) is 5.92 Å². The summed E-state index contributed by atoms with van der Waals surface area (Å²) in [6.07, 6.45) is -0.0779. The maximum Gasteiger partial charge on any atom is 0.363 e. The van der Waals surface area contributed by atoms with Crippen molar-refractivity contribution in [1.29, 1.82) is 0 Å². The first-order chi connectivity index (χ1) is 5.17. The maximum atomic E-state index is 11.1. The zero-order chi connectivity index (χ0) is 8.85. The van der Waals surface area contributed by atoms with Crippen LogP contribution in [0, 0.1) is 5.92 Å². The van der Waals surface area contributed by atoms with Crippen LogP contribution in [0.2, 0.25) is 0 Å². The summed E-state index contributed by atoms with van der Waals surface area (Å²) in [4.78, 5) is 26.0. The Bertz CT molecular complexity index is 143. The van der Waals surface area contributed by atoms with E-state index in [-0.39, 0.29) is 6.42 Å². The second kappa shape index (κ2) is 4.59. The third-order valence-corrected chi connectivity index (χ3v) is 1.13. The van der Waals surface area contributed by atoms with Crippen LogP contribution >= 0.6 is 0 Å². The van der Waals surface area contributed by atoms with Gasteiger partial charge in [-0.25, -0.2) is 9.59 Å². The molecule has 0 saturated heterocycles. The summed E-state index contributed by atoms with van der Waals surface area (Å²) in [6, 6.07) is 0. The van der Waals surface area contributed by atoms with Crippen LogP contribution in [0.4, 0.5) is 9.05 Å². The molecule has 0 aromatic heterocycles. The molecule has 0 spiro atoms. The van der Waals surface area contributed by atoms with Gasteiger partial charge in [-0.2, -0.15) is 0 Å². The molecule has 0 rings (SSSR count). The van der Waals surface area contributed by atoms with Crippen molar-refractivity contribution in [2.75, 3.05) is 0 Å². The molecule has 6 heteroatoms. The number of carbonyl (C=O) groups excluding carboxylic acids is 2. The Morgan fingerprint density at radius 3 is 1.82 bits per heavy atom. The van der Waals surface area contributed by atoms with E-state index < -0.39 is 17.9 Å². The molecule has 64 valence electrons. The van der Waals surface area contributed by atoms with Gasteiger partial charge in [0.1, 0.15) is 0 Å². The fourth-order valence-corrected chi connectivity index (χ4v) is 0.537. The summed E-state index contributed by atoms with van der Waals surface area (Å²) in [5.41, 5.74) is 0. The van der Waals surface area contributed by atoms with Gasteiger partial charge >= 0.3 is 11.9 Å². The summed E-state index contributed by atoms with van der Waals surface area (Å²) in [7, 11) is 0. The van der Waals surface area contributed by atoms with E-state index in [2.05, 4.69) is 9.88 Å². The van der Waals surface area contributed by atoms with Crippen LogP contribution in [-0.2, 0) is 19.5 Å². The number of halogens is 2. The maximum absolute atomic E-state index is 11.1. The van der Waals surface area contributed by atoms with Crippen molar-refractivity contribution in [3.63, 3.8) is 0 Å². The molecule has 0 unspecified atom stereocenters. The van der Waals surface area contributed by atoms with Gasteiger partial charge in [-0.15, -0.1) is 0 Å². The predicted octanol–water partition coefficient (Wildman–Crippen LogP) is 0.868. The van der Waals surface area contributed by atoms with Crippen molar-refractivity contribution >= 4 is 11.9 Å². The second-order valence-electron chi connectivity index (χ2n) is 1.75. The molecule has 0 aliphatic carbocycles. The van der Waals surface area contributed by atoms with Gasteiger partial charge in [-0.1, -0.05) is 6.92 Å².